The summed E-state index contributed by atoms with van der Waals surface area (Å²) in [5.74, 6) is 3.86. The highest BCUT2D eigenvalue weighted by Crippen LogP contribution is 2.48. The lowest BCUT2D eigenvalue weighted by Crippen LogP contribution is -2.50. The summed E-state index contributed by atoms with van der Waals surface area (Å²) in [6, 6.07) is 0. The highest BCUT2D eigenvalue weighted by Gasteiger charge is 2.48. The van der Waals surface area contributed by atoms with E-state index in [-0.39, 0.29) is 5.60 Å². The second kappa shape index (κ2) is 5.19. The first-order valence-electron chi connectivity index (χ1n) is 7.18. The van der Waals surface area contributed by atoms with Gasteiger partial charge in [0.05, 0.1) is 11.2 Å². The largest absolute Gasteiger partial charge is 0.389 e. The summed E-state index contributed by atoms with van der Waals surface area (Å²) in [5, 5.41) is 11.5. The molecule has 3 heterocycles. The molecule has 0 saturated carbocycles. The maximum absolute atomic E-state index is 10.9. The Kier molecular flexibility index (Phi) is 3.92. The molecule has 0 aromatic heterocycles. The second-order valence-electron chi connectivity index (χ2n) is 6.26. The number of aliphatic hydroxyl groups is 1. The molecule has 0 bridgehead atoms. The molecule has 3 rings (SSSR count). The summed E-state index contributed by atoms with van der Waals surface area (Å²) in [5.41, 5.74) is -0.300. The van der Waals surface area contributed by atoms with Crippen LogP contribution in [0.1, 0.15) is 39.0 Å². The van der Waals surface area contributed by atoms with Crippen LogP contribution in [0.25, 0.3) is 0 Å². The third kappa shape index (κ3) is 2.58. The van der Waals surface area contributed by atoms with E-state index in [0.29, 0.717) is 11.2 Å². The quantitative estimate of drug-likeness (QED) is 0.803. The van der Waals surface area contributed by atoms with E-state index in [9.17, 15) is 5.11 Å². The first-order valence-corrected chi connectivity index (χ1v) is 9.38. The van der Waals surface area contributed by atoms with Crippen LogP contribution >= 0.6 is 23.5 Å². The van der Waals surface area contributed by atoms with Gasteiger partial charge in [-0.25, -0.2) is 0 Å². The Morgan fingerprint density at radius 1 is 1.22 bits per heavy atom. The van der Waals surface area contributed by atoms with Gasteiger partial charge in [-0.2, -0.15) is 23.5 Å². The Labute approximate surface area is 119 Å². The molecule has 0 aromatic rings. The van der Waals surface area contributed by atoms with Gasteiger partial charge in [0.15, 0.2) is 0 Å². The van der Waals surface area contributed by atoms with E-state index in [1.165, 1.54) is 24.3 Å². The molecule has 3 unspecified atom stereocenters. The summed E-state index contributed by atoms with van der Waals surface area (Å²) in [4.78, 5) is 0. The van der Waals surface area contributed by atoms with Gasteiger partial charge < -0.3 is 9.84 Å². The number of hydrogen-bond donors (Lipinski definition) is 1. The monoisotopic (exact) mass is 288 g/mol. The molecular weight excluding hydrogens is 264 g/mol. The number of hydrogen-bond acceptors (Lipinski definition) is 4. The Balaban J connectivity index is 1.70. The molecule has 1 N–H and O–H groups in total. The average Bonchev–Trinajstić information content (AvgIpc) is 2.72. The molecule has 3 aliphatic rings. The van der Waals surface area contributed by atoms with Crippen LogP contribution < -0.4 is 0 Å². The van der Waals surface area contributed by atoms with Crippen molar-refractivity contribution in [3.05, 3.63) is 0 Å². The van der Waals surface area contributed by atoms with Gasteiger partial charge in [0.25, 0.3) is 0 Å². The second-order valence-corrected chi connectivity index (χ2v) is 8.91. The van der Waals surface area contributed by atoms with Crippen LogP contribution in [0.15, 0.2) is 0 Å². The molecule has 3 saturated heterocycles. The lowest BCUT2D eigenvalue weighted by Gasteiger charge is -2.47. The summed E-state index contributed by atoms with van der Waals surface area (Å²) >= 11 is 3.99. The zero-order valence-corrected chi connectivity index (χ0v) is 12.8. The van der Waals surface area contributed by atoms with Crippen molar-refractivity contribution in [2.45, 2.75) is 55.5 Å². The Hall–Kier alpha value is 0.620. The molecule has 0 aromatic carbocycles. The molecule has 104 valence electrons. The van der Waals surface area contributed by atoms with Crippen molar-refractivity contribution in [2.75, 3.05) is 23.9 Å². The number of rotatable bonds is 1. The zero-order chi connectivity index (χ0) is 12.6. The van der Waals surface area contributed by atoms with E-state index >= 15 is 0 Å². The van der Waals surface area contributed by atoms with Gasteiger partial charge in [-0.3, -0.25) is 0 Å². The van der Waals surface area contributed by atoms with E-state index in [2.05, 4.69) is 6.92 Å². The summed E-state index contributed by atoms with van der Waals surface area (Å²) < 4.78 is 6.14. The summed E-state index contributed by atoms with van der Waals surface area (Å²) in [7, 11) is 0. The van der Waals surface area contributed by atoms with Gasteiger partial charge in [0, 0.05) is 17.6 Å². The van der Waals surface area contributed by atoms with E-state index in [1.807, 2.05) is 23.5 Å². The van der Waals surface area contributed by atoms with Gasteiger partial charge in [-0.1, -0.05) is 6.92 Å². The van der Waals surface area contributed by atoms with Gasteiger partial charge in [-0.05, 0) is 49.5 Å². The van der Waals surface area contributed by atoms with E-state index in [1.54, 1.807) is 0 Å². The van der Waals surface area contributed by atoms with Crippen molar-refractivity contribution < 1.29 is 9.84 Å². The minimum absolute atomic E-state index is 0.111. The van der Waals surface area contributed by atoms with Crippen molar-refractivity contribution in [3.63, 3.8) is 0 Å². The van der Waals surface area contributed by atoms with E-state index in [0.717, 1.165) is 31.6 Å². The third-order valence-corrected chi connectivity index (χ3v) is 7.30. The molecule has 18 heavy (non-hydrogen) atoms. The standard InChI is InChI=1S/C14H24O2S2/c1-11-8-14(15,10-18-11)12-2-5-16-13(9-12)3-6-17-7-4-13/h11-12,15H,2-10H2,1H3. The lowest BCUT2D eigenvalue weighted by molar-refractivity contribution is -0.140. The van der Waals surface area contributed by atoms with Crippen LogP contribution in [0.3, 0.4) is 0 Å². The van der Waals surface area contributed by atoms with Crippen molar-refractivity contribution in [2.24, 2.45) is 5.92 Å². The van der Waals surface area contributed by atoms with Crippen molar-refractivity contribution in [1.29, 1.82) is 0 Å². The average molecular weight is 288 g/mol. The topological polar surface area (TPSA) is 29.5 Å². The molecule has 0 radical (unpaired) electrons. The van der Waals surface area contributed by atoms with Crippen LogP contribution in [-0.4, -0.2) is 45.4 Å². The molecule has 3 fully saturated rings. The molecule has 3 aliphatic heterocycles. The van der Waals surface area contributed by atoms with Crippen molar-refractivity contribution in [3.8, 4) is 0 Å². The minimum Gasteiger partial charge on any atom is -0.389 e. The van der Waals surface area contributed by atoms with Gasteiger partial charge >= 0.3 is 0 Å². The van der Waals surface area contributed by atoms with E-state index in [4.69, 9.17) is 4.74 Å². The molecule has 4 heteroatoms. The fraction of sp³-hybridized carbons (Fsp3) is 1.00. The zero-order valence-electron chi connectivity index (χ0n) is 11.2. The Morgan fingerprint density at radius 2 is 2.00 bits per heavy atom. The van der Waals surface area contributed by atoms with Crippen LogP contribution in [0, 0.1) is 5.92 Å². The van der Waals surface area contributed by atoms with Crippen LogP contribution in [0.4, 0.5) is 0 Å². The predicted octanol–water partition coefficient (Wildman–Crippen LogP) is 2.94. The van der Waals surface area contributed by atoms with Gasteiger partial charge in [0.2, 0.25) is 0 Å². The summed E-state index contributed by atoms with van der Waals surface area (Å²) in [6.45, 7) is 3.10. The molecular formula is C14H24O2S2. The van der Waals surface area contributed by atoms with E-state index < -0.39 is 5.60 Å². The predicted molar refractivity (Wildman–Crippen MR) is 79.5 cm³/mol. The molecule has 3 atom stereocenters. The highest BCUT2D eigenvalue weighted by atomic mass is 32.2. The molecule has 0 aliphatic carbocycles. The normalized spacial score (nSPS) is 44.3. The van der Waals surface area contributed by atoms with Crippen molar-refractivity contribution >= 4 is 23.5 Å². The fourth-order valence-corrected chi connectivity index (χ4v) is 6.33. The van der Waals surface area contributed by atoms with Crippen LogP contribution in [0.2, 0.25) is 0 Å². The third-order valence-electron chi connectivity index (χ3n) is 4.92. The maximum Gasteiger partial charge on any atom is 0.0778 e. The van der Waals surface area contributed by atoms with Gasteiger partial charge in [0.1, 0.15) is 0 Å². The Morgan fingerprint density at radius 3 is 2.67 bits per heavy atom. The van der Waals surface area contributed by atoms with Gasteiger partial charge in [-0.15, -0.1) is 0 Å². The highest BCUT2D eigenvalue weighted by molar-refractivity contribution is 8.00. The number of thioether (sulfide) groups is 2. The molecule has 2 nitrogen and oxygen atoms in total. The number of ether oxygens (including phenoxy) is 1. The summed E-state index contributed by atoms with van der Waals surface area (Å²) in [6.07, 6.45) is 5.50. The maximum atomic E-state index is 10.9. The van der Waals surface area contributed by atoms with Crippen LogP contribution in [-0.2, 0) is 4.74 Å². The first kappa shape index (κ1) is 13.6. The fourth-order valence-electron chi connectivity index (χ4n) is 3.76. The van der Waals surface area contributed by atoms with Crippen LogP contribution in [0.5, 0.6) is 0 Å². The van der Waals surface area contributed by atoms with Crippen molar-refractivity contribution in [1.82, 2.24) is 0 Å². The minimum atomic E-state index is -0.411. The Bertz CT molecular complexity index is 299. The molecule has 0 amide bonds. The molecule has 1 spiro atoms. The lowest BCUT2D eigenvalue weighted by atomic mass is 9.73. The smallest absolute Gasteiger partial charge is 0.0778 e. The first-order chi connectivity index (χ1) is 8.62. The SMILES string of the molecule is CC1CC(O)(C2CCOC3(CCSCC3)C2)CS1.